The average Bonchev–Trinajstić information content (AvgIpc) is 3.26. The van der Waals surface area contributed by atoms with Crippen LogP contribution in [-0.4, -0.2) is 64.6 Å². The minimum atomic E-state index is -1.32. The number of aliphatic hydroxyl groups excluding tert-OH is 1. The Morgan fingerprint density at radius 3 is 2.06 bits per heavy atom. The van der Waals surface area contributed by atoms with Gasteiger partial charge < -0.3 is 31.1 Å². The first kappa shape index (κ1) is 39.7. The fraction of sp³-hybridized carbons (Fsp3) is 0.310. The second-order valence-electron chi connectivity index (χ2n) is 14.3. The Morgan fingerprint density at radius 2 is 1.44 bits per heavy atom. The number of amides is 4. The number of ether oxygens (including phenoxy) is 1. The Balaban J connectivity index is 1.34. The number of aliphatic hydroxyl groups is 1. The van der Waals surface area contributed by atoms with E-state index in [1.54, 1.807) is 39.0 Å². The van der Waals surface area contributed by atoms with Gasteiger partial charge >= 0.3 is 6.09 Å². The minimum Gasteiger partial charge on any atom is -0.444 e. The van der Waals surface area contributed by atoms with Crippen molar-refractivity contribution >= 4 is 46.8 Å². The summed E-state index contributed by atoms with van der Waals surface area (Å²) in [6.45, 7) is 6.76. The van der Waals surface area contributed by atoms with E-state index in [4.69, 9.17) is 16.3 Å². The molecule has 12 heteroatoms. The normalized spacial score (nSPS) is 16.2. The van der Waals surface area contributed by atoms with Crippen molar-refractivity contribution in [3.63, 3.8) is 0 Å². The first-order chi connectivity index (χ1) is 25.8. The largest absolute Gasteiger partial charge is 0.444 e. The molecule has 1 aliphatic heterocycles. The molecule has 0 aromatic heterocycles. The number of fused-ring (bicyclic) bond motifs is 1. The first-order valence-electron chi connectivity index (χ1n) is 17.9. The van der Waals surface area contributed by atoms with Gasteiger partial charge in [0, 0.05) is 22.1 Å². The maximum absolute atomic E-state index is 14.0. The van der Waals surface area contributed by atoms with E-state index < -0.39 is 59.7 Å². The molecule has 1 aliphatic rings. The standard InChI is InChI=1S/C42H46ClN5O6/c1-26(38(50)48-37-40(52)45-33-21-20-31(43)25-32(33)36(47-37)29-18-12-7-13-19-29)44-39(51)30(22-27-14-8-5-9-15-27)24-35(49)34(23-28-16-10-6-11-17-28)46-41(53)54-42(2,3)4/h5-21,25-26,30,34-35,37,49H,22-24H2,1-4H3,(H,44,51)(H,45,52)(H,46,53)(H,48,50)/t26-,30-,34-,35+,37?/m0/s1. The molecule has 1 heterocycles. The molecular weight excluding hydrogens is 706 g/mol. The molecule has 0 spiro atoms. The third-order valence-electron chi connectivity index (χ3n) is 8.77. The van der Waals surface area contributed by atoms with E-state index in [1.165, 1.54) is 6.92 Å². The number of hydrogen-bond acceptors (Lipinski definition) is 7. The lowest BCUT2D eigenvalue weighted by Crippen LogP contribution is -2.52. The highest BCUT2D eigenvalue weighted by Crippen LogP contribution is 2.27. The van der Waals surface area contributed by atoms with E-state index in [9.17, 15) is 24.3 Å². The Bertz CT molecular complexity index is 1950. The Morgan fingerprint density at radius 1 is 0.852 bits per heavy atom. The summed E-state index contributed by atoms with van der Waals surface area (Å²) >= 11 is 6.32. The van der Waals surface area contributed by atoms with Crippen molar-refractivity contribution in [3.05, 3.63) is 136 Å². The number of benzene rings is 4. The summed E-state index contributed by atoms with van der Waals surface area (Å²) in [5, 5.41) is 23.2. The van der Waals surface area contributed by atoms with Crippen molar-refractivity contribution in [1.82, 2.24) is 16.0 Å². The highest BCUT2D eigenvalue weighted by Gasteiger charge is 2.33. The van der Waals surface area contributed by atoms with Gasteiger partial charge in [0.15, 0.2) is 0 Å². The van der Waals surface area contributed by atoms with Gasteiger partial charge in [-0.2, -0.15) is 0 Å². The van der Waals surface area contributed by atoms with Crippen LogP contribution in [0.15, 0.2) is 114 Å². The summed E-state index contributed by atoms with van der Waals surface area (Å²) in [4.78, 5) is 58.5. The molecule has 0 fully saturated rings. The van der Waals surface area contributed by atoms with Gasteiger partial charge in [-0.25, -0.2) is 9.79 Å². The number of aliphatic imine (C=N–C) groups is 1. The molecule has 1 unspecified atom stereocenters. The lowest BCUT2D eigenvalue weighted by atomic mass is 9.88. The van der Waals surface area contributed by atoms with Crippen LogP contribution < -0.4 is 21.3 Å². The molecule has 4 amide bonds. The average molecular weight is 752 g/mol. The molecular formula is C42H46ClN5O6. The molecule has 4 aromatic carbocycles. The second-order valence-corrected chi connectivity index (χ2v) is 14.7. The minimum absolute atomic E-state index is 0.0427. The lowest BCUT2D eigenvalue weighted by molar-refractivity contribution is -0.132. The van der Waals surface area contributed by atoms with Crippen molar-refractivity contribution in [2.75, 3.05) is 5.32 Å². The number of halogens is 1. The molecule has 5 atom stereocenters. The van der Waals surface area contributed by atoms with Crippen molar-refractivity contribution in [2.24, 2.45) is 10.9 Å². The maximum Gasteiger partial charge on any atom is 0.407 e. The number of anilines is 1. The summed E-state index contributed by atoms with van der Waals surface area (Å²) in [6.07, 6.45) is -2.69. The quantitative estimate of drug-likeness (QED) is 0.116. The van der Waals surface area contributed by atoms with Crippen LogP contribution in [0.2, 0.25) is 5.02 Å². The molecule has 5 N–H and O–H groups in total. The number of hydrogen-bond donors (Lipinski definition) is 5. The van der Waals surface area contributed by atoms with Crippen molar-refractivity contribution in [3.8, 4) is 0 Å². The smallest absolute Gasteiger partial charge is 0.407 e. The molecule has 0 saturated carbocycles. The number of alkyl carbamates (subject to hydrolysis) is 1. The predicted octanol–water partition coefficient (Wildman–Crippen LogP) is 5.82. The Hall–Kier alpha value is -5.52. The van der Waals surface area contributed by atoms with Crippen LogP contribution in [-0.2, 0) is 32.0 Å². The van der Waals surface area contributed by atoms with E-state index in [0.717, 1.165) is 11.1 Å². The zero-order valence-electron chi connectivity index (χ0n) is 30.7. The van der Waals surface area contributed by atoms with Gasteiger partial charge in [-0.3, -0.25) is 14.4 Å². The maximum atomic E-state index is 14.0. The van der Waals surface area contributed by atoms with Crippen LogP contribution in [0.4, 0.5) is 10.5 Å². The molecule has 54 heavy (non-hydrogen) atoms. The van der Waals surface area contributed by atoms with E-state index in [0.29, 0.717) is 27.5 Å². The van der Waals surface area contributed by atoms with E-state index >= 15 is 0 Å². The third kappa shape index (κ3) is 11.2. The second kappa shape index (κ2) is 18.0. The first-order valence-corrected chi connectivity index (χ1v) is 18.2. The van der Waals surface area contributed by atoms with Gasteiger partial charge in [0.2, 0.25) is 18.0 Å². The van der Waals surface area contributed by atoms with Crippen LogP contribution in [0.3, 0.4) is 0 Å². The molecule has 282 valence electrons. The van der Waals surface area contributed by atoms with Crippen LogP contribution in [0.5, 0.6) is 0 Å². The number of nitrogens with zero attached hydrogens (tertiary/aromatic N) is 1. The molecule has 0 saturated heterocycles. The number of carbonyl (C=O) groups excluding carboxylic acids is 4. The van der Waals surface area contributed by atoms with Crippen LogP contribution >= 0.6 is 11.6 Å². The summed E-state index contributed by atoms with van der Waals surface area (Å²) in [5.41, 5.74) is 3.21. The summed E-state index contributed by atoms with van der Waals surface area (Å²) in [7, 11) is 0. The molecule has 5 rings (SSSR count). The van der Waals surface area contributed by atoms with Crippen LogP contribution in [0.1, 0.15) is 56.4 Å². The van der Waals surface area contributed by atoms with E-state index in [-0.39, 0.29) is 19.3 Å². The van der Waals surface area contributed by atoms with Gasteiger partial charge in [-0.05, 0) is 76.3 Å². The van der Waals surface area contributed by atoms with Gasteiger partial charge in [-0.15, -0.1) is 0 Å². The topological polar surface area (TPSA) is 158 Å². The summed E-state index contributed by atoms with van der Waals surface area (Å²) < 4.78 is 5.49. The van der Waals surface area contributed by atoms with Crippen molar-refractivity contribution in [2.45, 2.75) is 76.9 Å². The number of carbonyl (C=O) groups is 4. The number of benzodiazepines with no additional fused rings is 1. The number of nitrogens with one attached hydrogen (secondary N) is 4. The Labute approximate surface area is 320 Å². The summed E-state index contributed by atoms with van der Waals surface area (Å²) in [6, 6.07) is 31.1. The monoisotopic (exact) mass is 751 g/mol. The molecule has 11 nitrogen and oxygen atoms in total. The Kier molecular flexibility index (Phi) is 13.2. The van der Waals surface area contributed by atoms with Crippen molar-refractivity contribution in [1.29, 1.82) is 0 Å². The highest BCUT2D eigenvalue weighted by atomic mass is 35.5. The van der Waals surface area contributed by atoms with Gasteiger partial charge in [0.05, 0.1) is 23.5 Å². The molecule has 0 bridgehead atoms. The van der Waals surface area contributed by atoms with Gasteiger partial charge in [-0.1, -0.05) is 103 Å². The molecule has 0 aliphatic carbocycles. The van der Waals surface area contributed by atoms with Gasteiger partial charge in [0.1, 0.15) is 11.6 Å². The zero-order chi connectivity index (χ0) is 38.8. The fourth-order valence-electron chi connectivity index (χ4n) is 6.11. The summed E-state index contributed by atoms with van der Waals surface area (Å²) in [5.74, 6) is -2.50. The van der Waals surface area contributed by atoms with E-state index in [2.05, 4.69) is 26.3 Å². The fourth-order valence-corrected chi connectivity index (χ4v) is 6.28. The van der Waals surface area contributed by atoms with Crippen molar-refractivity contribution < 1.29 is 29.0 Å². The third-order valence-corrected chi connectivity index (χ3v) is 9.00. The van der Waals surface area contributed by atoms with Crippen LogP contribution in [0, 0.1) is 5.92 Å². The number of rotatable bonds is 13. The highest BCUT2D eigenvalue weighted by molar-refractivity contribution is 6.32. The van der Waals surface area contributed by atoms with Gasteiger partial charge in [0.25, 0.3) is 5.91 Å². The zero-order valence-corrected chi connectivity index (χ0v) is 31.5. The predicted molar refractivity (Wildman–Crippen MR) is 209 cm³/mol. The molecule has 0 radical (unpaired) electrons. The van der Waals surface area contributed by atoms with E-state index in [1.807, 2.05) is 91.0 Å². The lowest BCUT2D eigenvalue weighted by Gasteiger charge is -2.29. The SMILES string of the molecule is C[C@H](NC(=O)[C@@H](Cc1ccccc1)C[C@@H](O)[C@H](Cc1ccccc1)NC(=O)OC(C)(C)C)C(=O)NC1N=C(c2ccccc2)c2cc(Cl)ccc2NC1=O. The molecule has 4 aromatic rings. The van der Waals surface area contributed by atoms with Crippen LogP contribution in [0.25, 0.3) is 0 Å².